The van der Waals surface area contributed by atoms with Crippen molar-refractivity contribution < 1.29 is 0 Å². The first-order valence-electron chi connectivity index (χ1n) is 13.6. The van der Waals surface area contributed by atoms with Crippen molar-refractivity contribution in [2.24, 2.45) is 5.92 Å². The lowest BCUT2D eigenvalue weighted by atomic mass is 9.97. The van der Waals surface area contributed by atoms with Crippen LogP contribution < -0.4 is 0 Å². The summed E-state index contributed by atoms with van der Waals surface area (Å²) in [6, 6.07) is 17.9. The molecule has 1 aliphatic heterocycles. The Morgan fingerprint density at radius 2 is 1.57 bits per heavy atom. The number of nitrogens with zero attached hydrogens (tertiary/aromatic N) is 3. The maximum Gasteiger partial charge on any atom is 0.132 e. The minimum atomic E-state index is 0.358. The fourth-order valence-corrected chi connectivity index (χ4v) is 4.64. The monoisotopic (exact) mass is 500 g/mol. The van der Waals surface area contributed by atoms with E-state index in [1.165, 1.54) is 39.6 Å². The van der Waals surface area contributed by atoms with Crippen LogP contribution in [0.1, 0.15) is 70.7 Å². The molecule has 200 valence electrons. The zero-order chi connectivity index (χ0) is 27.9. The van der Waals surface area contributed by atoms with Crippen molar-refractivity contribution in [3.05, 3.63) is 113 Å². The molecule has 0 spiro atoms. The van der Waals surface area contributed by atoms with Gasteiger partial charge in [0.15, 0.2) is 0 Å². The first kappa shape index (κ1) is 30.2. The molecule has 0 N–H and O–H groups in total. The van der Waals surface area contributed by atoms with Crippen LogP contribution in [0.3, 0.4) is 0 Å². The summed E-state index contributed by atoms with van der Waals surface area (Å²) in [6.07, 6.45) is 2.14. The fraction of sp³-hybridized carbons (Fsp3) is 0.441. The Kier molecular flexibility index (Phi) is 11.0. The van der Waals surface area contributed by atoms with Gasteiger partial charge in [-0.25, -0.2) is 0 Å². The maximum atomic E-state index is 4.37. The summed E-state index contributed by atoms with van der Waals surface area (Å²) in [4.78, 5) is 6.82. The highest BCUT2D eigenvalue weighted by molar-refractivity contribution is 5.38. The number of aryl methyl sites for hydroxylation is 2. The van der Waals surface area contributed by atoms with Gasteiger partial charge in [-0.3, -0.25) is 0 Å². The van der Waals surface area contributed by atoms with Gasteiger partial charge in [-0.15, -0.1) is 0 Å². The second-order valence-electron chi connectivity index (χ2n) is 11.1. The molecule has 3 nitrogen and oxygen atoms in total. The molecule has 1 aliphatic rings. The standard InChI is InChI=1S/C25H38N3.C9H12/c1-17(2)16-28-21(7)20(6)25(27(10)22(28)8)26(9)19(5)14-23-12-11-13-24(15-23)18(3)4;1-3-9-6-4-8(2)5-7-9/h11-13,15,17,19H,7-8,14,16H2,1-6,9-10H3;4-7H,3H2,1-2H3/q+1;. The summed E-state index contributed by atoms with van der Waals surface area (Å²) < 4.78 is 0. The Labute approximate surface area is 228 Å². The Morgan fingerprint density at radius 1 is 0.946 bits per heavy atom. The highest BCUT2D eigenvalue weighted by atomic mass is 15.4. The minimum Gasteiger partial charge on any atom is -0.358 e. The van der Waals surface area contributed by atoms with Crippen LogP contribution in [0.15, 0.2) is 84.6 Å². The summed E-state index contributed by atoms with van der Waals surface area (Å²) in [5, 5.41) is 0. The lowest BCUT2D eigenvalue weighted by Crippen LogP contribution is -2.45. The van der Waals surface area contributed by atoms with Crippen LogP contribution in [0.5, 0.6) is 0 Å². The van der Waals surface area contributed by atoms with Crippen molar-refractivity contribution in [3.63, 3.8) is 0 Å². The molecular weight excluding hydrogens is 450 g/mol. The highest BCUT2D eigenvalue weighted by Gasteiger charge is 2.30. The Bertz CT molecular complexity index is 1070. The SMILES string of the molecule is C=C1C(C)=C(N(C)C(C)Cc2cccc([C+](C)C)c2)N(C)C(=C)N1CC(C)C.CCc1ccc(C)cc1. The topological polar surface area (TPSA) is 9.72 Å². The molecule has 3 heteroatoms. The average molecular weight is 501 g/mol. The molecule has 1 atom stereocenters. The van der Waals surface area contributed by atoms with E-state index >= 15 is 0 Å². The smallest absolute Gasteiger partial charge is 0.132 e. The average Bonchev–Trinajstić information content (AvgIpc) is 2.86. The summed E-state index contributed by atoms with van der Waals surface area (Å²) >= 11 is 0. The van der Waals surface area contributed by atoms with E-state index in [0.29, 0.717) is 12.0 Å². The number of hydrogen-bond acceptors (Lipinski definition) is 3. The van der Waals surface area contributed by atoms with Crippen molar-refractivity contribution in [2.45, 2.75) is 74.3 Å². The van der Waals surface area contributed by atoms with E-state index in [0.717, 1.165) is 30.9 Å². The molecule has 0 amide bonds. The van der Waals surface area contributed by atoms with E-state index in [-0.39, 0.29) is 0 Å². The molecule has 0 saturated heterocycles. The van der Waals surface area contributed by atoms with Gasteiger partial charge in [0.1, 0.15) is 17.2 Å². The van der Waals surface area contributed by atoms with Crippen molar-refractivity contribution >= 4 is 0 Å². The molecule has 0 bridgehead atoms. The highest BCUT2D eigenvalue weighted by Crippen LogP contribution is 2.34. The van der Waals surface area contributed by atoms with Gasteiger partial charge in [0, 0.05) is 81.8 Å². The van der Waals surface area contributed by atoms with Crippen LogP contribution >= 0.6 is 0 Å². The van der Waals surface area contributed by atoms with Gasteiger partial charge < -0.3 is 14.7 Å². The van der Waals surface area contributed by atoms with Gasteiger partial charge in [-0.2, -0.15) is 0 Å². The summed E-state index contributed by atoms with van der Waals surface area (Å²) in [6.45, 7) is 27.2. The molecule has 0 aliphatic carbocycles. The fourth-order valence-electron chi connectivity index (χ4n) is 4.64. The van der Waals surface area contributed by atoms with E-state index in [4.69, 9.17) is 0 Å². The lowest BCUT2D eigenvalue weighted by molar-refractivity contribution is 0.187. The van der Waals surface area contributed by atoms with E-state index in [2.05, 4.69) is 146 Å². The number of benzene rings is 2. The van der Waals surface area contributed by atoms with Crippen molar-refractivity contribution in [1.29, 1.82) is 0 Å². The second kappa shape index (κ2) is 13.5. The van der Waals surface area contributed by atoms with Gasteiger partial charge in [-0.05, 0) is 50.8 Å². The van der Waals surface area contributed by atoms with Crippen molar-refractivity contribution in [1.82, 2.24) is 14.7 Å². The van der Waals surface area contributed by atoms with Crippen molar-refractivity contribution in [2.75, 3.05) is 20.6 Å². The zero-order valence-electron chi connectivity index (χ0n) is 25.2. The maximum absolute atomic E-state index is 4.37. The molecule has 0 fully saturated rings. The normalized spacial score (nSPS) is 14.6. The largest absolute Gasteiger partial charge is 0.358 e. The van der Waals surface area contributed by atoms with E-state index in [9.17, 15) is 0 Å². The molecular formula is C34H50N3+. The molecule has 0 aromatic heterocycles. The Hall–Kier alpha value is -3.07. The van der Waals surface area contributed by atoms with E-state index < -0.39 is 0 Å². The first-order valence-corrected chi connectivity index (χ1v) is 13.6. The van der Waals surface area contributed by atoms with Gasteiger partial charge in [-0.1, -0.05) is 63.8 Å². The van der Waals surface area contributed by atoms with Crippen molar-refractivity contribution in [3.8, 4) is 0 Å². The Balaban J connectivity index is 0.000000449. The van der Waals surface area contributed by atoms with Crippen LogP contribution in [0.4, 0.5) is 0 Å². The molecule has 1 heterocycles. The second-order valence-corrected chi connectivity index (χ2v) is 11.1. The minimum absolute atomic E-state index is 0.358. The predicted molar refractivity (Wildman–Crippen MR) is 162 cm³/mol. The van der Waals surface area contributed by atoms with Gasteiger partial charge >= 0.3 is 0 Å². The third-order valence-corrected chi connectivity index (χ3v) is 7.22. The van der Waals surface area contributed by atoms with Gasteiger partial charge in [0.25, 0.3) is 0 Å². The summed E-state index contributed by atoms with van der Waals surface area (Å²) in [5.41, 5.74) is 7.73. The molecule has 0 saturated carbocycles. The molecule has 2 aromatic rings. The molecule has 1 unspecified atom stereocenters. The number of rotatable bonds is 8. The predicted octanol–water partition coefficient (Wildman–Crippen LogP) is 8.19. The summed E-state index contributed by atoms with van der Waals surface area (Å²) in [7, 11) is 4.29. The molecule has 0 radical (unpaired) electrons. The van der Waals surface area contributed by atoms with Crippen LogP contribution in [0.2, 0.25) is 0 Å². The lowest BCUT2D eigenvalue weighted by Gasteiger charge is -2.46. The third kappa shape index (κ3) is 7.95. The van der Waals surface area contributed by atoms with Crippen LogP contribution in [-0.2, 0) is 12.8 Å². The number of hydrogen-bond donors (Lipinski definition) is 0. The van der Waals surface area contributed by atoms with E-state index in [1.807, 2.05) is 0 Å². The quantitative estimate of drug-likeness (QED) is 0.338. The Morgan fingerprint density at radius 3 is 2.11 bits per heavy atom. The van der Waals surface area contributed by atoms with Gasteiger partial charge in [0.2, 0.25) is 0 Å². The first-order chi connectivity index (χ1) is 17.4. The van der Waals surface area contributed by atoms with E-state index in [1.54, 1.807) is 0 Å². The third-order valence-electron chi connectivity index (χ3n) is 7.22. The number of allylic oxidation sites excluding steroid dienone is 1. The summed E-state index contributed by atoms with van der Waals surface area (Å²) in [5.74, 6) is 4.10. The van der Waals surface area contributed by atoms with Crippen LogP contribution in [0.25, 0.3) is 0 Å². The molecule has 2 aromatic carbocycles. The van der Waals surface area contributed by atoms with Gasteiger partial charge in [0.05, 0.1) is 0 Å². The molecule has 3 rings (SSSR count). The van der Waals surface area contributed by atoms with Crippen LogP contribution in [0, 0.1) is 18.8 Å². The molecule has 37 heavy (non-hydrogen) atoms. The number of likely N-dealkylation sites (N-methyl/N-ethyl adjacent to an activating group) is 1. The zero-order valence-corrected chi connectivity index (χ0v) is 25.2. The van der Waals surface area contributed by atoms with Crippen LogP contribution in [-0.4, -0.2) is 41.4 Å².